The lowest BCUT2D eigenvalue weighted by Gasteiger charge is -2.09. The minimum Gasteiger partial charge on any atom is -0.495 e. The van der Waals surface area contributed by atoms with Gasteiger partial charge in [-0.2, -0.15) is 5.10 Å². The van der Waals surface area contributed by atoms with E-state index in [-0.39, 0.29) is 12.4 Å². The predicted octanol–water partition coefficient (Wildman–Crippen LogP) is 4.13. The molecule has 0 aliphatic rings. The quantitative estimate of drug-likeness (QED) is 0.476. The number of ketones is 1. The molecule has 0 saturated heterocycles. The molecule has 28 heavy (non-hydrogen) atoms. The Kier molecular flexibility index (Phi) is 5.59. The fourth-order valence-electron chi connectivity index (χ4n) is 3.09. The Bertz CT molecular complexity index is 1080. The van der Waals surface area contributed by atoms with Gasteiger partial charge in [-0.25, -0.2) is 4.79 Å². The first-order valence-corrected chi connectivity index (χ1v) is 8.96. The van der Waals surface area contributed by atoms with Crippen molar-refractivity contribution in [2.45, 2.75) is 13.8 Å². The molecule has 0 N–H and O–H groups in total. The average molecular weight is 378 g/mol. The van der Waals surface area contributed by atoms with Gasteiger partial charge < -0.3 is 9.47 Å². The summed E-state index contributed by atoms with van der Waals surface area (Å²) < 4.78 is 12.4. The van der Waals surface area contributed by atoms with E-state index in [1.54, 1.807) is 23.7 Å². The number of methoxy groups -OCH3 is 1. The molecule has 0 radical (unpaired) electrons. The molecule has 0 fully saturated rings. The number of benzene rings is 2. The van der Waals surface area contributed by atoms with Gasteiger partial charge in [-0.05, 0) is 43.7 Å². The minimum atomic E-state index is -0.436. The first-order chi connectivity index (χ1) is 13.5. The highest BCUT2D eigenvalue weighted by Gasteiger charge is 2.20. The fourth-order valence-corrected chi connectivity index (χ4v) is 3.09. The first kappa shape index (κ1) is 19.4. The Hall–Kier alpha value is -3.41. The van der Waals surface area contributed by atoms with Crippen molar-refractivity contribution in [1.82, 2.24) is 9.78 Å². The Morgan fingerprint density at radius 2 is 1.96 bits per heavy atom. The van der Waals surface area contributed by atoms with E-state index in [1.807, 2.05) is 43.5 Å². The predicted molar refractivity (Wildman–Crippen MR) is 109 cm³/mol. The van der Waals surface area contributed by atoms with Crippen molar-refractivity contribution in [1.29, 1.82) is 0 Å². The molecule has 0 unspecified atom stereocenters. The summed E-state index contributed by atoms with van der Waals surface area (Å²) in [5, 5.41) is 5.28. The van der Waals surface area contributed by atoms with E-state index in [1.165, 1.54) is 14.0 Å². The van der Waals surface area contributed by atoms with Crippen LogP contribution in [-0.2, 0) is 11.8 Å². The Labute approximate surface area is 163 Å². The summed E-state index contributed by atoms with van der Waals surface area (Å²) in [6.45, 7) is 3.58. The molecule has 0 saturated carbocycles. The number of ether oxygens (including phenoxy) is 2. The molecule has 6 nitrogen and oxygen atoms in total. The van der Waals surface area contributed by atoms with Gasteiger partial charge in [-0.15, -0.1) is 0 Å². The van der Waals surface area contributed by atoms with Crippen molar-refractivity contribution >= 4 is 34.8 Å². The van der Waals surface area contributed by atoms with E-state index >= 15 is 0 Å². The number of hydrogen-bond acceptors (Lipinski definition) is 5. The summed E-state index contributed by atoms with van der Waals surface area (Å²) >= 11 is 0. The lowest BCUT2D eigenvalue weighted by Crippen LogP contribution is -2.07. The molecular weight excluding hydrogens is 356 g/mol. The first-order valence-electron chi connectivity index (χ1n) is 8.96. The molecule has 6 heteroatoms. The number of fused-ring (bicyclic) bond motifs is 1. The third-order valence-electron chi connectivity index (χ3n) is 4.42. The van der Waals surface area contributed by atoms with E-state index in [9.17, 15) is 9.59 Å². The van der Waals surface area contributed by atoms with Crippen LogP contribution in [0.3, 0.4) is 0 Å². The fraction of sp³-hybridized carbons (Fsp3) is 0.227. The standard InChI is InChI=1S/C22H22N2O4/c1-5-28-22(26)17-10-12-19-20(21(17)27-4)18(23-24(19)3)11-9-15-7-6-8-16(13-15)14(2)25/h6-13H,5H2,1-4H3/b11-9+. The summed E-state index contributed by atoms with van der Waals surface area (Å²) in [6, 6.07) is 10.9. The van der Waals surface area contributed by atoms with Crippen molar-refractivity contribution in [2.24, 2.45) is 7.05 Å². The number of Topliss-reactive ketones (excluding diaryl/α,β-unsaturated/α-hetero) is 1. The van der Waals surface area contributed by atoms with Gasteiger partial charge in [-0.1, -0.05) is 24.3 Å². The number of hydrogen-bond donors (Lipinski definition) is 0. The lowest BCUT2D eigenvalue weighted by atomic mass is 10.1. The second-order valence-corrected chi connectivity index (χ2v) is 6.28. The smallest absolute Gasteiger partial charge is 0.341 e. The van der Waals surface area contributed by atoms with Gasteiger partial charge >= 0.3 is 5.97 Å². The van der Waals surface area contributed by atoms with Crippen LogP contribution in [-0.4, -0.2) is 35.2 Å². The second kappa shape index (κ2) is 8.08. The summed E-state index contributed by atoms with van der Waals surface area (Å²) in [6.07, 6.45) is 3.73. The topological polar surface area (TPSA) is 70.4 Å². The van der Waals surface area contributed by atoms with Gasteiger partial charge in [0.1, 0.15) is 11.3 Å². The third kappa shape index (κ3) is 3.67. The molecule has 0 spiro atoms. The number of esters is 1. The van der Waals surface area contributed by atoms with Crippen LogP contribution >= 0.6 is 0 Å². The van der Waals surface area contributed by atoms with Crippen molar-refractivity contribution < 1.29 is 19.1 Å². The van der Waals surface area contributed by atoms with Crippen LogP contribution in [0.25, 0.3) is 23.1 Å². The highest BCUT2D eigenvalue weighted by molar-refractivity contribution is 6.03. The minimum absolute atomic E-state index is 0.0132. The summed E-state index contributed by atoms with van der Waals surface area (Å²) in [5.74, 6) is 0.00895. The zero-order chi connectivity index (χ0) is 20.3. The highest BCUT2D eigenvalue weighted by atomic mass is 16.5. The van der Waals surface area contributed by atoms with Gasteiger partial charge in [0, 0.05) is 12.6 Å². The summed E-state index contributed by atoms with van der Waals surface area (Å²) in [7, 11) is 3.36. The zero-order valence-corrected chi connectivity index (χ0v) is 16.4. The van der Waals surface area contributed by atoms with E-state index in [4.69, 9.17) is 9.47 Å². The Morgan fingerprint density at radius 1 is 1.18 bits per heavy atom. The molecule has 3 aromatic rings. The number of nitrogens with zero attached hydrogens (tertiary/aromatic N) is 2. The number of aryl methyl sites for hydroxylation is 1. The molecule has 0 amide bonds. The van der Waals surface area contributed by atoms with E-state index < -0.39 is 5.97 Å². The van der Waals surface area contributed by atoms with E-state index in [2.05, 4.69) is 5.10 Å². The molecule has 0 bridgehead atoms. The van der Waals surface area contributed by atoms with Crippen LogP contribution in [0.5, 0.6) is 5.75 Å². The Morgan fingerprint density at radius 3 is 2.64 bits per heavy atom. The van der Waals surface area contributed by atoms with Crippen LogP contribution in [0.15, 0.2) is 36.4 Å². The number of rotatable bonds is 6. The number of aromatic nitrogens is 2. The average Bonchev–Trinajstić information content (AvgIpc) is 3.02. The van der Waals surface area contributed by atoms with Crippen LogP contribution in [0.4, 0.5) is 0 Å². The second-order valence-electron chi connectivity index (χ2n) is 6.28. The Balaban J connectivity index is 2.11. The maximum atomic E-state index is 12.3. The van der Waals surface area contributed by atoms with Crippen LogP contribution in [0.2, 0.25) is 0 Å². The molecule has 1 heterocycles. The molecule has 0 atom stereocenters. The van der Waals surface area contributed by atoms with Crippen molar-refractivity contribution in [3.63, 3.8) is 0 Å². The van der Waals surface area contributed by atoms with Crippen molar-refractivity contribution in [3.8, 4) is 5.75 Å². The molecule has 3 rings (SSSR count). The molecule has 0 aliphatic carbocycles. The van der Waals surface area contributed by atoms with Crippen molar-refractivity contribution in [3.05, 3.63) is 58.8 Å². The van der Waals surface area contributed by atoms with Gasteiger partial charge in [-0.3, -0.25) is 9.48 Å². The van der Waals surface area contributed by atoms with E-state index in [0.29, 0.717) is 22.6 Å². The molecule has 2 aromatic carbocycles. The van der Waals surface area contributed by atoms with Gasteiger partial charge in [0.25, 0.3) is 0 Å². The third-order valence-corrected chi connectivity index (χ3v) is 4.42. The van der Waals surface area contributed by atoms with Crippen LogP contribution < -0.4 is 4.74 Å². The zero-order valence-electron chi connectivity index (χ0n) is 16.4. The van der Waals surface area contributed by atoms with Gasteiger partial charge in [0.2, 0.25) is 0 Å². The monoisotopic (exact) mass is 378 g/mol. The largest absolute Gasteiger partial charge is 0.495 e. The highest BCUT2D eigenvalue weighted by Crippen LogP contribution is 2.33. The molecular formula is C22H22N2O4. The molecule has 1 aromatic heterocycles. The SMILES string of the molecule is CCOC(=O)c1ccc2c(c(/C=C/c3cccc(C(C)=O)c3)nn2C)c1OC. The maximum absolute atomic E-state index is 12.3. The van der Waals surface area contributed by atoms with E-state index in [0.717, 1.165) is 16.5 Å². The summed E-state index contributed by atoms with van der Waals surface area (Å²) in [4.78, 5) is 23.9. The lowest BCUT2D eigenvalue weighted by molar-refractivity contribution is 0.0523. The normalized spacial score (nSPS) is 11.1. The van der Waals surface area contributed by atoms with Gasteiger partial charge in [0.05, 0.1) is 30.3 Å². The van der Waals surface area contributed by atoms with Gasteiger partial charge in [0.15, 0.2) is 5.78 Å². The number of carbonyl (C=O) groups excluding carboxylic acids is 2. The molecule has 144 valence electrons. The number of carbonyl (C=O) groups is 2. The maximum Gasteiger partial charge on any atom is 0.341 e. The van der Waals surface area contributed by atoms with Crippen LogP contribution in [0.1, 0.15) is 45.8 Å². The summed E-state index contributed by atoms with van der Waals surface area (Å²) in [5.41, 5.74) is 3.39. The van der Waals surface area contributed by atoms with Crippen LogP contribution in [0, 0.1) is 0 Å². The van der Waals surface area contributed by atoms with Crippen molar-refractivity contribution in [2.75, 3.05) is 13.7 Å². The molecule has 0 aliphatic heterocycles.